The van der Waals surface area contributed by atoms with Crippen LogP contribution < -0.4 is 10.5 Å². The number of anilines is 1. The molecule has 2 aromatic carbocycles. The standard InChI is InChI=1S/C19H24N2O2.ClH/c1-3-23-18-11-7-5-9-16(18)14-21(2)19(22)13-12-15-8-4-6-10-17(15)20;/h4-11H,3,12-14,20H2,1-2H3;1H. The van der Waals surface area contributed by atoms with E-state index in [-0.39, 0.29) is 18.3 Å². The second kappa shape index (κ2) is 9.83. The van der Waals surface area contributed by atoms with Crippen molar-refractivity contribution < 1.29 is 9.53 Å². The van der Waals surface area contributed by atoms with Crippen LogP contribution in [0.5, 0.6) is 5.75 Å². The van der Waals surface area contributed by atoms with Gasteiger partial charge in [-0.25, -0.2) is 0 Å². The van der Waals surface area contributed by atoms with Gasteiger partial charge in [-0.05, 0) is 31.0 Å². The van der Waals surface area contributed by atoms with Crippen molar-refractivity contribution in [2.24, 2.45) is 0 Å². The van der Waals surface area contributed by atoms with Gasteiger partial charge < -0.3 is 15.4 Å². The van der Waals surface area contributed by atoms with E-state index in [2.05, 4.69) is 0 Å². The third-order valence-corrected chi connectivity index (χ3v) is 3.77. The number of ether oxygens (including phenoxy) is 1. The van der Waals surface area contributed by atoms with E-state index < -0.39 is 0 Å². The summed E-state index contributed by atoms with van der Waals surface area (Å²) < 4.78 is 5.61. The van der Waals surface area contributed by atoms with E-state index in [0.717, 1.165) is 22.6 Å². The molecule has 5 heteroatoms. The molecule has 0 heterocycles. The first-order chi connectivity index (χ1) is 11.1. The number of nitrogen functional groups attached to an aromatic ring is 1. The minimum Gasteiger partial charge on any atom is -0.494 e. The zero-order valence-electron chi connectivity index (χ0n) is 14.2. The van der Waals surface area contributed by atoms with Gasteiger partial charge in [0.2, 0.25) is 5.91 Å². The number of carbonyl (C=O) groups is 1. The van der Waals surface area contributed by atoms with Crippen molar-refractivity contribution in [2.45, 2.75) is 26.3 Å². The zero-order chi connectivity index (χ0) is 16.7. The molecule has 4 nitrogen and oxygen atoms in total. The van der Waals surface area contributed by atoms with Crippen molar-refractivity contribution >= 4 is 24.0 Å². The molecule has 0 aliphatic heterocycles. The Labute approximate surface area is 150 Å². The van der Waals surface area contributed by atoms with Gasteiger partial charge >= 0.3 is 0 Å². The minimum absolute atomic E-state index is 0. The number of nitrogens with two attached hydrogens (primary N) is 1. The number of carbonyl (C=O) groups excluding carboxylic acids is 1. The van der Waals surface area contributed by atoms with E-state index in [4.69, 9.17) is 10.5 Å². The van der Waals surface area contributed by atoms with Crippen LogP contribution in [0.1, 0.15) is 24.5 Å². The maximum Gasteiger partial charge on any atom is 0.222 e. The van der Waals surface area contributed by atoms with Crippen LogP contribution in [-0.2, 0) is 17.8 Å². The normalized spacial score (nSPS) is 9.92. The molecule has 0 atom stereocenters. The molecule has 2 aromatic rings. The van der Waals surface area contributed by atoms with Crippen LogP contribution in [0.4, 0.5) is 5.69 Å². The number of amides is 1. The van der Waals surface area contributed by atoms with Gasteiger partial charge in [-0.3, -0.25) is 4.79 Å². The third-order valence-electron chi connectivity index (χ3n) is 3.77. The van der Waals surface area contributed by atoms with Crippen molar-refractivity contribution in [3.63, 3.8) is 0 Å². The average molecular weight is 349 g/mol. The molecule has 0 saturated heterocycles. The number of para-hydroxylation sites is 2. The highest BCUT2D eigenvalue weighted by molar-refractivity contribution is 5.85. The maximum atomic E-state index is 12.3. The lowest BCUT2D eigenvalue weighted by molar-refractivity contribution is -0.130. The van der Waals surface area contributed by atoms with Gasteiger partial charge in [0, 0.05) is 31.3 Å². The van der Waals surface area contributed by atoms with Gasteiger partial charge in [0.15, 0.2) is 0 Å². The van der Waals surface area contributed by atoms with E-state index >= 15 is 0 Å². The monoisotopic (exact) mass is 348 g/mol. The lowest BCUT2D eigenvalue weighted by atomic mass is 10.1. The number of rotatable bonds is 7. The Morgan fingerprint density at radius 3 is 2.38 bits per heavy atom. The summed E-state index contributed by atoms with van der Waals surface area (Å²) in [5.74, 6) is 0.932. The lowest BCUT2D eigenvalue weighted by Crippen LogP contribution is -2.26. The van der Waals surface area contributed by atoms with Crippen LogP contribution in [0.25, 0.3) is 0 Å². The SMILES string of the molecule is CCOc1ccccc1CN(C)C(=O)CCc1ccccc1N.Cl. The van der Waals surface area contributed by atoms with Crippen molar-refractivity contribution in [2.75, 3.05) is 19.4 Å². The predicted molar refractivity (Wildman–Crippen MR) is 101 cm³/mol. The second-order valence-corrected chi connectivity index (χ2v) is 5.49. The van der Waals surface area contributed by atoms with Gasteiger partial charge in [-0.1, -0.05) is 36.4 Å². The summed E-state index contributed by atoms with van der Waals surface area (Å²) in [6, 6.07) is 15.5. The van der Waals surface area contributed by atoms with Gasteiger partial charge in [0.25, 0.3) is 0 Å². The summed E-state index contributed by atoms with van der Waals surface area (Å²) in [5.41, 5.74) is 8.69. The van der Waals surface area contributed by atoms with Crippen molar-refractivity contribution in [3.05, 3.63) is 59.7 Å². The van der Waals surface area contributed by atoms with E-state index in [0.29, 0.717) is 26.0 Å². The molecule has 2 rings (SSSR count). The Hall–Kier alpha value is -2.20. The molecule has 0 fully saturated rings. The summed E-state index contributed by atoms with van der Waals surface area (Å²) in [5, 5.41) is 0. The quantitative estimate of drug-likeness (QED) is 0.776. The average Bonchev–Trinajstić information content (AvgIpc) is 2.56. The summed E-state index contributed by atoms with van der Waals surface area (Å²) in [6.07, 6.45) is 1.10. The first-order valence-corrected chi connectivity index (χ1v) is 7.90. The number of benzene rings is 2. The fourth-order valence-corrected chi connectivity index (χ4v) is 2.47. The van der Waals surface area contributed by atoms with Crippen LogP contribution in [0, 0.1) is 0 Å². The molecule has 0 unspecified atom stereocenters. The Kier molecular flexibility index (Phi) is 8.13. The molecule has 0 radical (unpaired) electrons. The molecule has 2 N–H and O–H groups in total. The van der Waals surface area contributed by atoms with Crippen LogP contribution in [-0.4, -0.2) is 24.5 Å². The highest BCUT2D eigenvalue weighted by Gasteiger charge is 2.12. The number of hydrogen-bond donors (Lipinski definition) is 1. The van der Waals surface area contributed by atoms with E-state index in [1.165, 1.54) is 0 Å². The maximum absolute atomic E-state index is 12.3. The van der Waals surface area contributed by atoms with Crippen LogP contribution in [0.3, 0.4) is 0 Å². The van der Waals surface area contributed by atoms with E-state index in [1.807, 2.05) is 62.5 Å². The van der Waals surface area contributed by atoms with Gasteiger partial charge in [-0.2, -0.15) is 0 Å². The van der Waals surface area contributed by atoms with Gasteiger partial charge in [-0.15, -0.1) is 12.4 Å². The molecule has 0 saturated carbocycles. The van der Waals surface area contributed by atoms with Crippen molar-refractivity contribution in [3.8, 4) is 5.75 Å². The Morgan fingerprint density at radius 1 is 1.08 bits per heavy atom. The Balaban J connectivity index is 0.00000288. The minimum atomic E-state index is 0. The van der Waals surface area contributed by atoms with Gasteiger partial charge in [0.05, 0.1) is 6.61 Å². The molecule has 0 aromatic heterocycles. The molecule has 0 aliphatic rings. The molecular formula is C19H25ClN2O2. The predicted octanol–water partition coefficient (Wildman–Crippen LogP) is 3.68. The number of halogens is 1. The van der Waals surface area contributed by atoms with Crippen LogP contribution in [0.15, 0.2) is 48.5 Å². The lowest BCUT2D eigenvalue weighted by Gasteiger charge is -2.19. The summed E-state index contributed by atoms with van der Waals surface area (Å²) in [6.45, 7) is 3.11. The van der Waals surface area contributed by atoms with Crippen LogP contribution in [0.2, 0.25) is 0 Å². The number of hydrogen-bond acceptors (Lipinski definition) is 3. The van der Waals surface area contributed by atoms with E-state index in [1.54, 1.807) is 4.90 Å². The molecule has 0 spiro atoms. The highest BCUT2D eigenvalue weighted by Crippen LogP contribution is 2.20. The van der Waals surface area contributed by atoms with Crippen molar-refractivity contribution in [1.82, 2.24) is 4.90 Å². The largest absolute Gasteiger partial charge is 0.494 e. The Bertz CT molecular complexity index is 661. The fourth-order valence-electron chi connectivity index (χ4n) is 2.47. The third kappa shape index (κ3) is 5.46. The molecule has 130 valence electrons. The molecular weight excluding hydrogens is 324 g/mol. The highest BCUT2D eigenvalue weighted by atomic mass is 35.5. The summed E-state index contributed by atoms with van der Waals surface area (Å²) in [4.78, 5) is 14.1. The summed E-state index contributed by atoms with van der Waals surface area (Å²) >= 11 is 0. The fraction of sp³-hybridized carbons (Fsp3) is 0.316. The molecule has 0 bridgehead atoms. The molecule has 0 aliphatic carbocycles. The zero-order valence-corrected chi connectivity index (χ0v) is 15.0. The van der Waals surface area contributed by atoms with Gasteiger partial charge in [0.1, 0.15) is 5.75 Å². The number of nitrogens with zero attached hydrogens (tertiary/aromatic N) is 1. The van der Waals surface area contributed by atoms with E-state index in [9.17, 15) is 4.79 Å². The summed E-state index contributed by atoms with van der Waals surface area (Å²) in [7, 11) is 1.82. The smallest absolute Gasteiger partial charge is 0.222 e. The first kappa shape index (κ1) is 19.8. The van der Waals surface area contributed by atoms with Crippen LogP contribution >= 0.6 is 12.4 Å². The topological polar surface area (TPSA) is 55.6 Å². The Morgan fingerprint density at radius 2 is 1.71 bits per heavy atom. The molecule has 1 amide bonds. The second-order valence-electron chi connectivity index (χ2n) is 5.49. The first-order valence-electron chi connectivity index (χ1n) is 7.90. The number of aryl methyl sites for hydroxylation is 1. The van der Waals surface area contributed by atoms with Crippen molar-refractivity contribution in [1.29, 1.82) is 0 Å². The molecule has 24 heavy (non-hydrogen) atoms.